The zero-order chi connectivity index (χ0) is 17.2. The van der Waals surface area contributed by atoms with Crippen LogP contribution < -0.4 is 21.5 Å². The van der Waals surface area contributed by atoms with Gasteiger partial charge in [-0.25, -0.2) is 9.97 Å². The van der Waals surface area contributed by atoms with Crippen molar-refractivity contribution in [3.63, 3.8) is 0 Å². The Kier molecular flexibility index (Phi) is 3.70. The van der Waals surface area contributed by atoms with E-state index in [9.17, 15) is 4.79 Å². The van der Waals surface area contributed by atoms with Crippen molar-refractivity contribution in [2.75, 3.05) is 22.6 Å². The molecule has 126 valence electrons. The van der Waals surface area contributed by atoms with E-state index in [4.69, 9.17) is 10.2 Å². The van der Waals surface area contributed by atoms with Gasteiger partial charge in [-0.3, -0.25) is 15.6 Å². The van der Waals surface area contributed by atoms with Crippen LogP contribution in [-0.4, -0.2) is 22.4 Å². The molecule has 8 nitrogen and oxygen atoms in total. The van der Waals surface area contributed by atoms with E-state index in [0.29, 0.717) is 17.3 Å². The van der Waals surface area contributed by atoms with Gasteiger partial charge in [-0.05, 0) is 30.2 Å². The molecule has 3 aromatic rings. The van der Waals surface area contributed by atoms with Crippen molar-refractivity contribution in [2.45, 2.75) is 6.42 Å². The average molecular weight is 336 g/mol. The van der Waals surface area contributed by atoms with E-state index in [1.54, 1.807) is 12.1 Å². The lowest BCUT2D eigenvalue weighted by atomic mass is 10.2. The molecule has 4 N–H and O–H groups in total. The maximum Gasteiger partial charge on any atom is 0.305 e. The van der Waals surface area contributed by atoms with Crippen LogP contribution in [0.3, 0.4) is 0 Å². The number of para-hydroxylation sites is 1. The van der Waals surface area contributed by atoms with Gasteiger partial charge in [-0.15, -0.1) is 0 Å². The van der Waals surface area contributed by atoms with E-state index in [-0.39, 0.29) is 5.76 Å². The summed E-state index contributed by atoms with van der Waals surface area (Å²) in [5.74, 6) is 0.703. The van der Waals surface area contributed by atoms with Crippen LogP contribution in [0, 0.1) is 0 Å². The molecule has 8 heteroatoms. The lowest BCUT2D eigenvalue weighted by Gasteiger charge is -2.21. The number of amides is 1. The van der Waals surface area contributed by atoms with Crippen LogP contribution in [0.5, 0.6) is 0 Å². The molecular weight excluding hydrogens is 320 g/mol. The fourth-order valence-electron chi connectivity index (χ4n) is 2.84. The third-order valence-corrected chi connectivity index (χ3v) is 4.05. The first-order valence-electron chi connectivity index (χ1n) is 7.80. The minimum atomic E-state index is -0.420. The van der Waals surface area contributed by atoms with E-state index in [1.165, 1.54) is 18.2 Å². The number of furan rings is 1. The number of rotatable bonds is 4. The van der Waals surface area contributed by atoms with Crippen LogP contribution in [0.4, 0.5) is 23.0 Å². The normalized spacial score (nSPS) is 12.7. The van der Waals surface area contributed by atoms with Crippen LogP contribution in [0.1, 0.15) is 16.1 Å². The number of nitrogen functional groups attached to an aromatic ring is 1. The third kappa shape index (κ3) is 2.74. The van der Waals surface area contributed by atoms with Crippen molar-refractivity contribution in [1.82, 2.24) is 15.4 Å². The number of carbonyl (C=O) groups excluding carboxylic acids is 1. The molecule has 0 aliphatic carbocycles. The number of anilines is 4. The molecule has 0 bridgehead atoms. The van der Waals surface area contributed by atoms with Crippen LogP contribution in [0.15, 0.2) is 53.4 Å². The van der Waals surface area contributed by atoms with E-state index in [2.05, 4.69) is 26.9 Å². The number of fused-ring (bicyclic) bond motifs is 1. The number of nitrogens with one attached hydrogen (secondary N) is 2. The Balaban J connectivity index is 1.56. The Labute approximate surface area is 143 Å². The summed E-state index contributed by atoms with van der Waals surface area (Å²) in [6.07, 6.45) is 3.77. The first kappa shape index (κ1) is 15.0. The Morgan fingerprint density at radius 3 is 2.92 bits per heavy atom. The third-order valence-electron chi connectivity index (χ3n) is 4.05. The van der Waals surface area contributed by atoms with Gasteiger partial charge in [0.05, 0.1) is 6.26 Å². The maximum absolute atomic E-state index is 11.9. The fourth-order valence-corrected chi connectivity index (χ4v) is 2.84. The van der Waals surface area contributed by atoms with Gasteiger partial charge in [0.1, 0.15) is 12.0 Å². The van der Waals surface area contributed by atoms with Gasteiger partial charge >= 0.3 is 5.91 Å². The summed E-state index contributed by atoms with van der Waals surface area (Å²) in [5, 5.41) is 0. The van der Waals surface area contributed by atoms with Gasteiger partial charge in [-0.2, -0.15) is 0 Å². The minimum absolute atomic E-state index is 0.189. The number of nitrogens with two attached hydrogens (primary N) is 1. The molecule has 4 rings (SSSR count). The molecule has 1 amide bonds. The topological polar surface area (TPSA) is 109 Å². The molecule has 2 aromatic heterocycles. The number of carbonyl (C=O) groups is 1. The Morgan fingerprint density at radius 2 is 2.08 bits per heavy atom. The highest BCUT2D eigenvalue weighted by Gasteiger charge is 2.24. The Hall–Kier alpha value is -3.55. The van der Waals surface area contributed by atoms with Crippen LogP contribution in [0.2, 0.25) is 0 Å². The lowest BCUT2D eigenvalue weighted by Crippen LogP contribution is -2.30. The number of benzene rings is 1. The van der Waals surface area contributed by atoms with Gasteiger partial charge in [0.25, 0.3) is 0 Å². The van der Waals surface area contributed by atoms with Crippen molar-refractivity contribution >= 4 is 28.9 Å². The molecule has 0 fully saturated rings. The Bertz CT molecular complexity index is 909. The molecule has 3 heterocycles. The summed E-state index contributed by atoms with van der Waals surface area (Å²) >= 11 is 0. The standard InChI is InChI=1S/C17H16N6O2/c18-14-15(21-22-17(24)13-6-3-9-25-13)19-10-20-16(14)23-8-7-11-4-1-2-5-12(11)23/h1-6,9-10H,7-8,18H2,(H,22,24)(H,19,20,21). The summed E-state index contributed by atoms with van der Waals surface area (Å²) in [6.45, 7) is 0.790. The predicted octanol–water partition coefficient (Wildman–Crippen LogP) is 2.10. The number of hydrazine groups is 1. The molecule has 1 aliphatic rings. The molecule has 0 spiro atoms. The zero-order valence-corrected chi connectivity index (χ0v) is 13.3. The van der Waals surface area contributed by atoms with Crippen molar-refractivity contribution in [2.24, 2.45) is 0 Å². The summed E-state index contributed by atoms with van der Waals surface area (Å²) < 4.78 is 5.03. The molecular formula is C17H16N6O2. The summed E-state index contributed by atoms with van der Waals surface area (Å²) in [4.78, 5) is 22.4. The van der Waals surface area contributed by atoms with Crippen LogP contribution in [0.25, 0.3) is 0 Å². The number of hydrogen-bond acceptors (Lipinski definition) is 7. The van der Waals surface area contributed by atoms with Gasteiger partial charge in [-0.1, -0.05) is 18.2 Å². The second kappa shape index (κ2) is 6.16. The quantitative estimate of drug-likeness (QED) is 0.626. The van der Waals surface area contributed by atoms with Crippen LogP contribution in [-0.2, 0) is 6.42 Å². The highest BCUT2D eigenvalue weighted by molar-refractivity contribution is 5.92. The van der Waals surface area contributed by atoms with Gasteiger partial charge < -0.3 is 15.1 Å². The van der Waals surface area contributed by atoms with E-state index < -0.39 is 5.91 Å². The molecule has 0 saturated heterocycles. The second-order valence-electron chi connectivity index (χ2n) is 5.55. The second-order valence-corrected chi connectivity index (χ2v) is 5.55. The summed E-state index contributed by atoms with van der Waals surface area (Å²) in [7, 11) is 0. The smallest absolute Gasteiger partial charge is 0.305 e. The van der Waals surface area contributed by atoms with Crippen molar-refractivity contribution < 1.29 is 9.21 Å². The van der Waals surface area contributed by atoms with E-state index in [1.807, 2.05) is 23.1 Å². The molecule has 1 aromatic carbocycles. The van der Waals surface area contributed by atoms with Crippen molar-refractivity contribution in [3.05, 3.63) is 60.3 Å². The average Bonchev–Trinajstić information content (AvgIpc) is 3.30. The highest BCUT2D eigenvalue weighted by Crippen LogP contribution is 2.37. The van der Waals surface area contributed by atoms with Gasteiger partial charge in [0.15, 0.2) is 17.4 Å². The zero-order valence-electron chi connectivity index (χ0n) is 13.3. The number of nitrogens with zero attached hydrogens (tertiary/aromatic N) is 3. The largest absolute Gasteiger partial charge is 0.459 e. The fraction of sp³-hybridized carbons (Fsp3) is 0.118. The molecule has 0 radical (unpaired) electrons. The number of aromatic nitrogens is 2. The summed E-state index contributed by atoms with van der Waals surface area (Å²) in [6, 6.07) is 11.3. The molecule has 0 unspecified atom stereocenters. The van der Waals surface area contributed by atoms with Crippen LogP contribution >= 0.6 is 0 Å². The maximum atomic E-state index is 11.9. The molecule has 25 heavy (non-hydrogen) atoms. The van der Waals surface area contributed by atoms with Crippen molar-refractivity contribution in [1.29, 1.82) is 0 Å². The number of hydrogen-bond donors (Lipinski definition) is 3. The highest BCUT2D eigenvalue weighted by atomic mass is 16.3. The SMILES string of the molecule is Nc1c(NNC(=O)c2ccco2)ncnc1N1CCc2ccccc21. The van der Waals surface area contributed by atoms with Gasteiger partial charge in [0.2, 0.25) is 0 Å². The monoisotopic (exact) mass is 336 g/mol. The lowest BCUT2D eigenvalue weighted by molar-refractivity contribution is 0.0935. The Morgan fingerprint density at radius 1 is 1.20 bits per heavy atom. The first-order chi connectivity index (χ1) is 12.2. The molecule has 0 atom stereocenters. The first-order valence-corrected chi connectivity index (χ1v) is 7.80. The molecule has 0 saturated carbocycles. The van der Waals surface area contributed by atoms with E-state index >= 15 is 0 Å². The summed E-state index contributed by atoms with van der Waals surface area (Å²) in [5.41, 5.74) is 14.1. The van der Waals surface area contributed by atoms with Gasteiger partial charge in [0, 0.05) is 12.2 Å². The van der Waals surface area contributed by atoms with E-state index in [0.717, 1.165) is 18.7 Å². The van der Waals surface area contributed by atoms with Crippen molar-refractivity contribution in [3.8, 4) is 0 Å². The minimum Gasteiger partial charge on any atom is -0.459 e. The predicted molar refractivity (Wildman–Crippen MR) is 93.4 cm³/mol. The molecule has 1 aliphatic heterocycles.